The number of methoxy groups -OCH3 is 1. The molecule has 2 unspecified atom stereocenters. The standard InChI is InChI=1S/C13H16BrNO3/c1-8-3-4-12(10(14)5-8)18-9-6-11(15-7-9)13(16)17-2/h3-5,9,11,15H,6-7H2,1-2H3. The van der Waals surface area contributed by atoms with Crippen LogP contribution in [0.5, 0.6) is 5.75 Å². The van der Waals surface area contributed by atoms with Crippen LogP contribution in [0.1, 0.15) is 12.0 Å². The molecule has 1 aliphatic rings. The second-order valence-electron chi connectivity index (χ2n) is 4.39. The first-order chi connectivity index (χ1) is 8.60. The molecule has 0 amide bonds. The highest BCUT2D eigenvalue weighted by Gasteiger charge is 2.31. The molecule has 18 heavy (non-hydrogen) atoms. The van der Waals surface area contributed by atoms with Crippen molar-refractivity contribution in [1.82, 2.24) is 5.32 Å². The van der Waals surface area contributed by atoms with Gasteiger partial charge in [-0.25, -0.2) is 0 Å². The van der Waals surface area contributed by atoms with Crippen LogP contribution in [0.25, 0.3) is 0 Å². The molecule has 1 aliphatic heterocycles. The van der Waals surface area contributed by atoms with Gasteiger partial charge in [0, 0.05) is 13.0 Å². The molecule has 1 N–H and O–H groups in total. The summed E-state index contributed by atoms with van der Waals surface area (Å²) in [6, 6.07) is 5.69. The lowest BCUT2D eigenvalue weighted by atomic mass is 10.2. The van der Waals surface area contributed by atoms with E-state index in [1.54, 1.807) is 0 Å². The third kappa shape index (κ3) is 3.03. The van der Waals surface area contributed by atoms with E-state index in [0.29, 0.717) is 13.0 Å². The van der Waals surface area contributed by atoms with Gasteiger partial charge < -0.3 is 14.8 Å². The smallest absolute Gasteiger partial charge is 0.323 e. The summed E-state index contributed by atoms with van der Waals surface area (Å²) in [5.41, 5.74) is 1.17. The van der Waals surface area contributed by atoms with E-state index in [2.05, 4.69) is 21.2 Å². The zero-order valence-corrected chi connectivity index (χ0v) is 12.0. The summed E-state index contributed by atoms with van der Waals surface area (Å²) in [6.45, 7) is 2.68. The number of nitrogens with one attached hydrogen (secondary N) is 1. The lowest BCUT2D eigenvalue weighted by Gasteiger charge is -2.14. The summed E-state index contributed by atoms with van der Waals surface area (Å²) < 4.78 is 11.5. The molecule has 0 bridgehead atoms. The van der Waals surface area contributed by atoms with Crippen molar-refractivity contribution in [2.75, 3.05) is 13.7 Å². The molecule has 0 spiro atoms. The van der Waals surface area contributed by atoms with Crippen LogP contribution in [0.2, 0.25) is 0 Å². The number of rotatable bonds is 3. The SMILES string of the molecule is COC(=O)C1CC(Oc2ccc(C)cc2Br)CN1. The molecule has 98 valence electrons. The van der Waals surface area contributed by atoms with E-state index in [-0.39, 0.29) is 18.1 Å². The second kappa shape index (κ2) is 5.71. The lowest BCUT2D eigenvalue weighted by molar-refractivity contribution is -0.142. The largest absolute Gasteiger partial charge is 0.488 e. The maximum absolute atomic E-state index is 11.4. The maximum atomic E-state index is 11.4. The average molecular weight is 314 g/mol. The van der Waals surface area contributed by atoms with Crippen molar-refractivity contribution in [2.24, 2.45) is 0 Å². The Kier molecular flexibility index (Phi) is 4.24. The fourth-order valence-corrected chi connectivity index (χ4v) is 2.58. The Hall–Kier alpha value is -1.07. The van der Waals surface area contributed by atoms with Gasteiger partial charge in [0.1, 0.15) is 17.9 Å². The summed E-state index contributed by atoms with van der Waals surface area (Å²) in [7, 11) is 1.40. The Morgan fingerprint density at radius 3 is 2.94 bits per heavy atom. The van der Waals surface area contributed by atoms with Crippen LogP contribution in [0.15, 0.2) is 22.7 Å². The van der Waals surface area contributed by atoms with E-state index in [1.165, 1.54) is 12.7 Å². The fourth-order valence-electron chi connectivity index (χ4n) is 2.00. The normalized spacial score (nSPS) is 22.8. The van der Waals surface area contributed by atoms with E-state index >= 15 is 0 Å². The van der Waals surface area contributed by atoms with Crippen LogP contribution >= 0.6 is 15.9 Å². The van der Waals surface area contributed by atoms with E-state index in [1.807, 2.05) is 25.1 Å². The fraction of sp³-hybridized carbons (Fsp3) is 0.462. The topological polar surface area (TPSA) is 47.6 Å². The molecule has 0 aliphatic carbocycles. The van der Waals surface area contributed by atoms with Crippen LogP contribution in [0, 0.1) is 6.92 Å². The van der Waals surface area contributed by atoms with Gasteiger partial charge >= 0.3 is 5.97 Å². The van der Waals surface area contributed by atoms with Gasteiger partial charge in [-0.1, -0.05) is 6.07 Å². The van der Waals surface area contributed by atoms with Gasteiger partial charge in [-0.15, -0.1) is 0 Å². The number of hydrogen-bond acceptors (Lipinski definition) is 4. The van der Waals surface area contributed by atoms with Gasteiger partial charge in [0.15, 0.2) is 0 Å². The van der Waals surface area contributed by atoms with Gasteiger partial charge in [0.25, 0.3) is 0 Å². The van der Waals surface area contributed by atoms with Gasteiger partial charge in [0.05, 0.1) is 11.6 Å². The zero-order valence-electron chi connectivity index (χ0n) is 10.4. The van der Waals surface area contributed by atoms with Crippen molar-refractivity contribution in [3.63, 3.8) is 0 Å². The molecular weight excluding hydrogens is 298 g/mol. The molecule has 2 rings (SSSR count). The maximum Gasteiger partial charge on any atom is 0.323 e. The molecule has 1 heterocycles. The first kappa shape index (κ1) is 13.4. The van der Waals surface area contributed by atoms with Gasteiger partial charge in [0.2, 0.25) is 0 Å². The van der Waals surface area contributed by atoms with Crippen LogP contribution in [-0.2, 0) is 9.53 Å². The number of benzene rings is 1. The monoisotopic (exact) mass is 313 g/mol. The highest BCUT2D eigenvalue weighted by molar-refractivity contribution is 9.10. The first-order valence-corrected chi connectivity index (χ1v) is 6.63. The minimum atomic E-state index is -0.260. The summed E-state index contributed by atoms with van der Waals surface area (Å²) in [6.07, 6.45) is 0.626. The molecule has 0 radical (unpaired) electrons. The molecule has 1 aromatic rings. The number of ether oxygens (including phenoxy) is 2. The minimum Gasteiger partial charge on any atom is -0.488 e. The van der Waals surface area contributed by atoms with Crippen molar-refractivity contribution < 1.29 is 14.3 Å². The predicted molar refractivity (Wildman–Crippen MR) is 71.7 cm³/mol. The molecule has 4 nitrogen and oxygen atoms in total. The Morgan fingerprint density at radius 1 is 1.50 bits per heavy atom. The number of halogens is 1. The van der Waals surface area contributed by atoms with Crippen LogP contribution in [0.3, 0.4) is 0 Å². The number of carbonyl (C=O) groups is 1. The van der Waals surface area contributed by atoms with E-state index < -0.39 is 0 Å². The van der Waals surface area contributed by atoms with Gasteiger partial charge in [-0.3, -0.25) is 4.79 Å². The average Bonchev–Trinajstić information content (AvgIpc) is 2.80. The Morgan fingerprint density at radius 2 is 2.28 bits per heavy atom. The Labute approximate surface area is 115 Å². The molecule has 1 fully saturated rings. The summed E-state index contributed by atoms with van der Waals surface area (Å²) in [4.78, 5) is 11.4. The molecule has 2 atom stereocenters. The van der Waals surface area contributed by atoms with Crippen molar-refractivity contribution >= 4 is 21.9 Å². The number of esters is 1. The molecule has 5 heteroatoms. The number of hydrogen-bond donors (Lipinski definition) is 1. The van der Waals surface area contributed by atoms with Crippen molar-refractivity contribution in [1.29, 1.82) is 0 Å². The third-order valence-corrected chi connectivity index (χ3v) is 3.58. The second-order valence-corrected chi connectivity index (χ2v) is 5.25. The third-order valence-electron chi connectivity index (χ3n) is 2.96. The van der Waals surface area contributed by atoms with Crippen molar-refractivity contribution in [3.05, 3.63) is 28.2 Å². The summed E-state index contributed by atoms with van der Waals surface area (Å²) in [5.74, 6) is 0.571. The highest BCUT2D eigenvalue weighted by atomic mass is 79.9. The minimum absolute atomic E-state index is 0.00638. The number of carbonyl (C=O) groups excluding carboxylic acids is 1. The summed E-state index contributed by atoms with van der Waals surface area (Å²) >= 11 is 3.48. The van der Waals surface area contributed by atoms with E-state index in [0.717, 1.165) is 10.2 Å². The van der Waals surface area contributed by atoms with Crippen LogP contribution < -0.4 is 10.1 Å². The Balaban J connectivity index is 1.97. The highest BCUT2D eigenvalue weighted by Crippen LogP contribution is 2.28. The van der Waals surface area contributed by atoms with E-state index in [4.69, 9.17) is 9.47 Å². The number of aryl methyl sites for hydroxylation is 1. The molecule has 0 saturated carbocycles. The first-order valence-electron chi connectivity index (χ1n) is 5.84. The predicted octanol–water partition coefficient (Wildman–Crippen LogP) is 2.04. The van der Waals surface area contributed by atoms with Gasteiger partial charge in [-0.2, -0.15) is 0 Å². The summed E-state index contributed by atoms with van der Waals surface area (Å²) in [5, 5.41) is 3.09. The molecule has 0 aromatic heterocycles. The molecular formula is C13H16BrNO3. The Bertz CT molecular complexity index is 450. The van der Waals surface area contributed by atoms with Crippen LogP contribution in [-0.4, -0.2) is 31.8 Å². The van der Waals surface area contributed by atoms with E-state index in [9.17, 15) is 4.79 Å². The van der Waals surface area contributed by atoms with Crippen LogP contribution in [0.4, 0.5) is 0 Å². The molecule has 1 saturated heterocycles. The molecule has 1 aromatic carbocycles. The lowest BCUT2D eigenvalue weighted by Crippen LogP contribution is -2.31. The zero-order chi connectivity index (χ0) is 13.1. The quantitative estimate of drug-likeness (QED) is 0.868. The van der Waals surface area contributed by atoms with Crippen molar-refractivity contribution in [3.8, 4) is 5.75 Å². The van der Waals surface area contributed by atoms with Gasteiger partial charge in [-0.05, 0) is 40.5 Å². The van der Waals surface area contributed by atoms with Crippen molar-refractivity contribution in [2.45, 2.75) is 25.5 Å².